The molecule has 0 radical (unpaired) electrons. The zero-order valence-electron chi connectivity index (χ0n) is 14.1. The zero-order valence-corrected chi connectivity index (χ0v) is 14.1. The third-order valence-electron chi connectivity index (χ3n) is 5.00. The van der Waals surface area contributed by atoms with Crippen LogP contribution in [0.3, 0.4) is 0 Å². The van der Waals surface area contributed by atoms with E-state index in [-0.39, 0.29) is 18.2 Å². The van der Waals surface area contributed by atoms with Crippen LogP contribution in [-0.2, 0) is 4.74 Å². The third-order valence-corrected chi connectivity index (χ3v) is 5.00. The van der Waals surface area contributed by atoms with E-state index in [0.717, 1.165) is 32.1 Å². The molecule has 6 nitrogen and oxygen atoms in total. The fourth-order valence-corrected chi connectivity index (χ4v) is 3.59. The van der Waals surface area contributed by atoms with Gasteiger partial charge < -0.3 is 19.6 Å². The molecular weight excluding hydrogens is 310 g/mol. The number of ether oxygens (including phenoxy) is 1. The van der Waals surface area contributed by atoms with Crippen molar-refractivity contribution in [3.63, 3.8) is 0 Å². The number of aliphatic hydroxyl groups is 1. The Balaban J connectivity index is 1.71. The maximum Gasteiger partial charge on any atom is 0.349 e. The summed E-state index contributed by atoms with van der Waals surface area (Å²) in [5.74, 6) is -0.00315. The minimum atomic E-state index is -0.861. The molecule has 2 aliphatic rings. The molecule has 1 atom stereocenters. The van der Waals surface area contributed by atoms with Gasteiger partial charge in [-0.1, -0.05) is 19.3 Å². The molecule has 1 aromatic rings. The van der Waals surface area contributed by atoms with Crippen LogP contribution in [0.25, 0.3) is 0 Å². The summed E-state index contributed by atoms with van der Waals surface area (Å²) < 4.78 is 10.8. The highest BCUT2D eigenvalue weighted by Crippen LogP contribution is 2.29. The molecule has 0 spiro atoms. The Morgan fingerprint density at radius 1 is 1.33 bits per heavy atom. The Labute approximate surface area is 141 Å². The number of rotatable bonds is 4. The number of carbonyl (C=O) groups excluding carboxylic acids is 1. The first-order valence-corrected chi connectivity index (χ1v) is 8.75. The van der Waals surface area contributed by atoms with Crippen LogP contribution in [0.2, 0.25) is 0 Å². The molecule has 1 amide bonds. The fourth-order valence-electron chi connectivity index (χ4n) is 3.59. The Hall–Kier alpha value is -1.66. The average Bonchev–Trinajstić information content (AvgIpc) is 3.07. The summed E-state index contributed by atoms with van der Waals surface area (Å²) in [7, 11) is 0. The van der Waals surface area contributed by atoms with Gasteiger partial charge in [0, 0.05) is 13.2 Å². The lowest BCUT2D eigenvalue weighted by Gasteiger charge is -2.32. The van der Waals surface area contributed by atoms with Crippen LogP contribution in [0.1, 0.15) is 72.7 Å². The predicted octanol–water partition coefficient (Wildman–Crippen LogP) is 2.22. The molecule has 3 rings (SSSR count). The lowest BCUT2D eigenvalue weighted by Crippen LogP contribution is -2.45. The number of nitrogens with one attached hydrogen (secondary N) is 1. The van der Waals surface area contributed by atoms with Crippen molar-refractivity contribution in [1.29, 1.82) is 0 Å². The summed E-state index contributed by atoms with van der Waals surface area (Å²) >= 11 is 0. The molecule has 1 saturated carbocycles. The van der Waals surface area contributed by atoms with Crippen LogP contribution in [0.4, 0.5) is 0 Å². The largest absolute Gasteiger partial charge is 0.424 e. The monoisotopic (exact) mass is 335 g/mol. The molecule has 0 bridgehead atoms. The molecule has 1 unspecified atom stereocenters. The first kappa shape index (κ1) is 17.2. The van der Waals surface area contributed by atoms with Crippen molar-refractivity contribution < 1.29 is 19.1 Å². The quantitative estimate of drug-likeness (QED) is 0.881. The second-order valence-corrected chi connectivity index (χ2v) is 6.96. The van der Waals surface area contributed by atoms with Crippen LogP contribution in [0, 0.1) is 6.92 Å². The number of hydrogen-bond acceptors (Lipinski definition) is 5. The Morgan fingerprint density at radius 2 is 2.08 bits per heavy atom. The van der Waals surface area contributed by atoms with E-state index in [1.54, 1.807) is 13.0 Å². The number of carbonyl (C=O) groups is 1. The molecule has 6 heteroatoms. The smallest absolute Gasteiger partial charge is 0.349 e. The maximum atomic E-state index is 12.4. The van der Waals surface area contributed by atoms with Crippen molar-refractivity contribution in [2.75, 3.05) is 13.2 Å². The van der Waals surface area contributed by atoms with Crippen LogP contribution >= 0.6 is 0 Å². The molecule has 132 valence electrons. The number of amides is 1. The second kappa shape index (κ2) is 7.07. The predicted molar refractivity (Wildman–Crippen MR) is 88.0 cm³/mol. The van der Waals surface area contributed by atoms with E-state index in [1.165, 1.54) is 0 Å². The lowest BCUT2D eigenvalue weighted by atomic mass is 9.85. The summed E-state index contributed by atoms with van der Waals surface area (Å²) in [5, 5.41) is 13.2. The summed E-state index contributed by atoms with van der Waals surface area (Å²) in [5.41, 5.74) is -0.922. The summed E-state index contributed by atoms with van der Waals surface area (Å²) in [6.07, 6.45) is 5.96. The molecular formula is C18H25NO5. The van der Waals surface area contributed by atoms with Gasteiger partial charge in [0.2, 0.25) is 0 Å². The maximum absolute atomic E-state index is 12.4. The van der Waals surface area contributed by atoms with Crippen LogP contribution in [-0.4, -0.2) is 29.8 Å². The van der Waals surface area contributed by atoms with Crippen molar-refractivity contribution in [3.8, 4) is 0 Å². The number of aryl methyl sites for hydroxylation is 1. The van der Waals surface area contributed by atoms with Gasteiger partial charge in [0.1, 0.15) is 17.4 Å². The van der Waals surface area contributed by atoms with Crippen molar-refractivity contribution in [2.45, 2.75) is 63.6 Å². The zero-order chi connectivity index (χ0) is 17.2. The van der Waals surface area contributed by atoms with E-state index >= 15 is 0 Å². The molecule has 1 aliphatic carbocycles. The molecule has 1 aliphatic heterocycles. The Morgan fingerprint density at radius 3 is 2.71 bits per heavy atom. The summed E-state index contributed by atoms with van der Waals surface area (Å²) in [4.78, 5) is 24.6. The van der Waals surface area contributed by atoms with Gasteiger partial charge in [0.15, 0.2) is 0 Å². The van der Waals surface area contributed by atoms with Gasteiger partial charge in [-0.05, 0) is 44.2 Å². The molecule has 24 heavy (non-hydrogen) atoms. The highest BCUT2D eigenvalue weighted by Gasteiger charge is 2.30. The average molecular weight is 335 g/mol. The Kier molecular flexibility index (Phi) is 5.06. The molecule has 1 saturated heterocycles. The molecule has 2 fully saturated rings. The first-order valence-electron chi connectivity index (χ1n) is 8.75. The van der Waals surface area contributed by atoms with Gasteiger partial charge in [-0.25, -0.2) is 4.79 Å². The van der Waals surface area contributed by atoms with E-state index in [4.69, 9.17) is 9.15 Å². The van der Waals surface area contributed by atoms with Gasteiger partial charge in [0.05, 0.1) is 5.60 Å². The minimum Gasteiger partial charge on any atom is -0.424 e. The van der Waals surface area contributed by atoms with E-state index in [0.29, 0.717) is 30.8 Å². The van der Waals surface area contributed by atoms with Crippen molar-refractivity contribution in [2.24, 2.45) is 0 Å². The first-order chi connectivity index (χ1) is 11.5. The fraction of sp³-hybridized carbons (Fsp3) is 0.667. The van der Waals surface area contributed by atoms with Crippen LogP contribution in [0.15, 0.2) is 15.3 Å². The summed E-state index contributed by atoms with van der Waals surface area (Å²) in [6.45, 7) is 2.55. The standard InChI is InChI=1S/C18H25NO5/c1-12-10-14(13-6-5-9-23-13)24-17(21)15(12)16(20)19-11-18(22)7-3-2-4-8-18/h10,13,22H,2-9,11H2,1H3,(H,19,20). The van der Waals surface area contributed by atoms with Crippen LogP contribution < -0.4 is 10.9 Å². The van der Waals surface area contributed by atoms with Gasteiger partial charge >= 0.3 is 5.63 Å². The molecule has 0 aromatic carbocycles. The van der Waals surface area contributed by atoms with Crippen molar-refractivity contribution in [1.82, 2.24) is 5.32 Å². The Bertz CT molecular complexity index is 654. The minimum absolute atomic E-state index is 0.0103. The second-order valence-electron chi connectivity index (χ2n) is 6.96. The normalized spacial score (nSPS) is 23.2. The lowest BCUT2D eigenvalue weighted by molar-refractivity contribution is 0.00520. The van der Waals surface area contributed by atoms with Gasteiger partial charge in [-0.2, -0.15) is 0 Å². The highest BCUT2D eigenvalue weighted by molar-refractivity contribution is 5.95. The topological polar surface area (TPSA) is 88.8 Å². The van der Waals surface area contributed by atoms with Gasteiger partial charge in [-0.3, -0.25) is 4.79 Å². The van der Waals surface area contributed by atoms with Crippen LogP contribution in [0.5, 0.6) is 0 Å². The SMILES string of the molecule is Cc1cc(C2CCCO2)oc(=O)c1C(=O)NCC1(O)CCCCC1. The highest BCUT2D eigenvalue weighted by atomic mass is 16.5. The third kappa shape index (κ3) is 3.70. The number of hydrogen-bond donors (Lipinski definition) is 2. The van der Waals surface area contributed by atoms with Crippen molar-refractivity contribution >= 4 is 5.91 Å². The van der Waals surface area contributed by atoms with Gasteiger partial charge in [0.25, 0.3) is 5.91 Å². The summed E-state index contributed by atoms with van der Waals surface area (Å²) in [6, 6.07) is 1.71. The van der Waals surface area contributed by atoms with E-state index in [2.05, 4.69) is 5.32 Å². The molecule has 1 aromatic heterocycles. The van der Waals surface area contributed by atoms with Crippen molar-refractivity contribution in [3.05, 3.63) is 33.4 Å². The van der Waals surface area contributed by atoms with E-state index in [1.807, 2.05) is 0 Å². The molecule has 2 N–H and O–H groups in total. The van der Waals surface area contributed by atoms with Gasteiger partial charge in [-0.15, -0.1) is 0 Å². The molecule has 2 heterocycles. The van der Waals surface area contributed by atoms with E-state index in [9.17, 15) is 14.7 Å². The van der Waals surface area contributed by atoms with E-state index < -0.39 is 17.1 Å².